The molecule has 128 valence electrons. The summed E-state index contributed by atoms with van der Waals surface area (Å²) in [5.41, 5.74) is 0.944. The first-order valence-corrected chi connectivity index (χ1v) is 8.83. The molecule has 0 fully saturated rings. The summed E-state index contributed by atoms with van der Waals surface area (Å²) in [5.74, 6) is -1.06. The molecule has 0 spiro atoms. The SMILES string of the molecule is O=C(NCC[C@@H](CCO)c1cccs1)C(=O)NCc1ccccc1. The summed E-state index contributed by atoms with van der Waals surface area (Å²) in [6, 6.07) is 13.4. The summed E-state index contributed by atoms with van der Waals surface area (Å²) in [5, 5.41) is 16.4. The van der Waals surface area contributed by atoms with E-state index in [0.29, 0.717) is 25.9 Å². The Kier molecular flexibility index (Phi) is 7.45. The van der Waals surface area contributed by atoms with Crippen LogP contribution in [0.15, 0.2) is 47.8 Å². The van der Waals surface area contributed by atoms with Gasteiger partial charge in [-0.1, -0.05) is 36.4 Å². The Morgan fingerprint density at radius 3 is 2.42 bits per heavy atom. The topological polar surface area (TPSA) is 78.4 Å². The van der Waals surface area contributed by atoms with Crippen molar-refractivity contribution in [3.63, 3.8) is 0 Å². The maximum Gasteiger partial charge on any atom is 0.309 e. The lowest BCUT2D eigenvalue weighted by molar-refractivity contribution is -0.139. The lowest BCUT2D eigenvalue weighted by atomic mass is 10.00. The second-order valence-corrected chi connectivity index (χ2v) is 6.42. The van der Waals surface area contributed by atoms with Crippen molar-refractivity contribution in [3.8, 4) is 0 Å². The first kappa shape index (κ1) is 18.2. The van der Waals surface area contributed by atoms with Crippen LogP contribution < -0.4 is 10.6 Å². The minimum atomic E-state index is -0.631. The predicted molar refractivity (Wildman–Crippen MR) is 94.7 cm³/mol. The number of hydrogen-bond acceptors (Lipinski definition) is 4. The van der Waals surface area contributed by atoms with Gasteiger partial charge < -0.3 is 15.7 Å². The van der Waals surface area contributed by atoms with E-state index in [4.69, 9.17) is 5.11 Å². The van der Waals surface area contributed by atoms with E-state index in [2.05, 4.69) is 10.6 Å². The second kappa shape index (κ2) is 9.85. The van der Waals surface area contributed by atoms with Crippen LogP contribution in [-0.2, 0) is 16.1 Å². The van der Waals surface area contributed by atoms with Gasteiger partial charge in [0, 0.05) is 24.6 Å². The van der Waals surface area contributed by atoms with Crippen LogP contribution in [0.5, 0.6) is 0 Å². The van der Waals surface area contributed by atoms with E-state index in [9.17, 15) is 9.59 Å². The molecule has 0 aliphatic heterocycles. The summed E-state index contributed by atoms with van der Waals surface area (Å²) in [7, 11) is 0. The third-order valence-corrected chi connectivity index (χ3v) is 4.74. The Labute approximate surface area is 145 Å². The summed E-state index contributed by atoms with van der Waals surface area (Å²) in [6.07, 6.45) is 1.34. The zero-order valence-corrected chi connectivity index (χ0v) is 14.2. The highest BCUT2D eigenvalue weighted by molar-refractivity contribution is 7.10. The van der Waals surface area contributed by atoms with Crippen molar-refractivity contribution in [2.24, 2.45) is 0 Å². The predicted octanol–water partition coefficient (Wildman–Crippen LogP) is 2.04. The van der Waals surface area contributed by atoms with Crippen LogP contribution in [0.1, 0.15) is 29.2 Å². The van der Waals surface area contributed by atoms with Gasteiger partial charge in [-0.25, -0.2) is 0 Å². The largest absolute Gasteiger partial charge is 0.396 e. The molecule has 0 aliphatic carbocycles. The van der Waals surface area contributed by atoms with Crippen molar-refractivity contribution < 1.29 is 14.7 Å². The normalized spacial score (nSPS) is 11.7. The van der Waals surface area contributed by atoms with Gasteiger partial charge in [-0.3, -0.25) is 9.59 Å². The molecule has 2 rings (SSSR count). The molecule has 6 heteroatoms. The van der Waals surface area contributed by atoms with Crippen molar-refractivity contribution >= 4 is 23.2 Å². The van der Waals surface area contributed by atoms with E-state index in [0.717, 1.165) is 5.56 Å². The molecular formula is C18H22N2O3S. The van der Waals surface area contributed by atoms with Crippen LogP contribution in [0.4, 0.5) is 0 Å². The molecule has 0 bridgehead atoms. The molecule has 2 amide bonds. The molecule has 0 saturated heterocycles. The zero-order valence-electron chi connectivity index (χ0n) is 13.4. The van der Waals surface area contributed by atoms with Crippen LogP contribution in [0.3, 0.4) is 0 Å². The van der Waals surface area contributed by atoms with Gasteiger partial charge in [0.1, 0.15) is 0 Å². The first-order chi connectivity index (χ1) is 11.7. The lowest BCUT2D eigenvalue weighted by Gasteiger charge is -2.14. The number of hydrogen-bond donors (Lipinski definition) is 3. The Morgan fingerprint density at radius 1 is 1.00 bits per heavy atom. The molecule has 2 aromatic rings. The van der Waals surface area contributed by atoms with Crippen molar-refractivity contribution in [1.29, 1.82) is 0 Å². The second-order valence-electron chi connectivity index (χ2n) is 5.44. The minimum Gasteiger partial charge on any atom is -0.396 e. The Bertz CT molecular complexity index is 629. The highest BCUT2D eigenvalue weighted by atomic mass is 32.1. The van der Waals surface area contributed by atoms with E-state index in [1.165, 1.54) is 4.88 Å². The fourth-order valence-corrected chi connectivity index (χ4v) is 3.31. The fourth-order valence-electron chi connectivity index (χ4n) is 2.41. The number of carbonyl (C=O) groups is 2. The molecule has 24 heavy (non-hydrogen) atoms. The monoisotopic (exact) mass is 346 g/mol. The number of benzene rings is 1. The van der Waals surface area contributed by atoms with Gasteiger partial charge in [0.2, 0.25) is 0 Å². The maximum absolute atomic E-state index is 11.8. The van der Waals surface area contributed by atoms with E-state index in [1.54, 1.807) is 11.3 Å². The highest BCUT2D eigenvalue weighted by Gasteiger charge is 2.15. The summed E-state index contributed by atoms with van der Waals surface area (Å²) < 4.78 is 0. The molecule has 0 aliphatic rings. The average molecular weight is 346 g/mol. The minimum absolute atomic E-state index is 0.105. The van der Waals surface area contributed by atoms with Crippen LogP contribution in [0.25, 0.3) is 0 Å². The van der Waals surface area contributed by atoms with E-state index in [-0.39, 0.29) is 12.5 Å². The summed E-state index contributed by atoms with van der Waals surface area (Å²) in [4.78, 5) is 24.8. The molecule has 0 saturated carbocycles. The standard InChI is InChI=1S/C18H22N2O3S/c21-11-9-15(16-7-4-12-24-16)8-10-19-17(22)18(23)20-13-14-5-2-1-3-6-14/h1-7,12,15,21H,8-11,13H2,(H,19,22)(H,20,23)/t15-/m0/s1. The Balaban J connectivity index is 1.72. The molecule has 1 heterocycles. The van der Waals surface area contributed by atoms with Gasteiger partial charge >= 0.3 is 11.8 Å². The number of aliphatic hydroxyl groups is 1. The average Bonchev–Trinajstić information content (AvgIpc) is 3.14. The quantitative estimate of drug-likeness (QED) is 0.640. The molecule has 0 unspecified atom stereocenters. The van der Waals surface area contributed by atoms with E-state index in [1.807, 2.05) is 47.8 Å². The van der Waals surface area contributed by atoms with Crippen molar-refractivity contribution in [1.82, 2.24) is 10.6 Å². The lowest BCUT2D eigenvalue weighted by Crippen LogP contribution is -2.40. The highest BCUT2D eigenvalue weighted by Crippen LogP contribution is 2.26. The van der Waals surface area contributed by atoms with Crippen molar-refractivity contribution in [2.45, 2.75) is 25.3 Å². The number of carbonyl (C=O) groups excluding carboxylic acids is 2. The van der Waals surface area contributed by atoms with Gasteiger partial charge in [-0.15, -0.1) is 11.3 Å². The van der Waals surface area contributed by atoms with E-state index >= 15 is 0 Å². The molecule has 1 aromatic carbocycles. The smallest absolute Gasteiger partial charge is 0.309 e. The number of nitrogens with one attached hydrogen (secondary N) is 2. The van der Waals surface area contributed by atoms with Gasteiger partial charge in [0.05, 0.1) is 0 Å². The summed E-state index contributed by atoms with van der Waals surface area (Å²) >= 11 is 1.64. The van der Waals surface area contributed by atoms with E-state index < -0.39 is 11.8 Å². The molecule has 1 atom stereocenters. The van der Waals surface area contributed by atoms with Gasteiger partial charge in [-0.05, 0) is 35.8 Å². The number of amides is 2. The van der Waals surface area contributed by atoms with Crippen LogP contribution in [0, 0.1) is 0 Å². The molecule has 1 aromatic heterocycles. The molecule has 0 radical (unpaired) electrons. The first-order valence-electron chi connectivity index (χ1n) is 7.95. The Morgan fingerprint density at radius 2 is 1.75 bits per heavy atom. The van der Waals surface area contributed by atoms with Gasteiger partial charge in [-0.2, -0.15) is 0 Å². The third kappa shape index (κ3) is 5.79. The third-order valence-electron chi connectivity index (χ3n) is 3.70. The molecular weight excluding hydrogens is 324 g/mol. The zero-order chi connectivity index (χ0) is 17.2. The van der Waals surface area contributed by atoms with Crippen LogP contribution >= 0.6 is 11.3 Å². The number of aliphatic hydroxyl groups excluding tert-OH is 1. The number of rotatable bonds is 8. The van der Waals surface area contributed by atoms with Crippen LogP contribution in [0.2, 0.25) is 0 Å². The molecule has 3 N–H and O–H groups in total. The molecule has 5 nitrogen and oxygen atoms in total. The van der Waals surface area contributed by atoms with Crippen LogP contribution in [-0.4, -0.2) is 30.1 Å². The van der Waals surface area contributed by atoms with Gasteiger partial charge in [0.15, 0.2) is 0 Å². The Hall–Kier alpha value is -2.18. The summed E-state index contributed by atoms with van der Waals surface area (Å²) in [6.45, 7) is 0.837. The number of thiophene rings is 1. The fraction of sp³-hybridized carbons (Fsp3) is 0.333. The van der Waals surface area contributed by atoms with Gasteiger partial charge in [0.25, 0.3) is 0 Å². The maximum atomic E-state index is 11.8. The van der Waals surface area contributed by atoms with Crippen molar-refractivity contribution in [3.05, 3.63) is 58.3 Å². The van der Waals surface area contributed by atoms with Crippen molar-refractivity contribution in [2.75, 3.05) is 13.2 Å².